The Balaban J connectivity index is 1.74. The predicted octanol–water partition coefficient (Wildman–Crippen LogP) is 2.70. The predicted molar refractivity (Wildman–Crippen MR) is 68.5 cm³/mol. The summed E-state index contributed by atoms with van der Waals surface area (Å²) in [7, 11) is 0. The van der Waals surface area contributed by atoms with Gasteiger partial charge in [0, 0.05) is 10.9 Å². The summed E-state index contributed by atoms with van der Waals surface area (Å²) in [6, 6.07) is 7.93. The third-order valence-corrected chi connectivity index (χ3v) is 2.95. The second kappa shape index (κ2) is 6.16. The maximum absolute atomic E-state index is 13.2. The van der Waals surface area contributed by atoms with Crippen LogP contribution in [-0.2, 0) is 0 Å². The molecule has 0 unspecified atom stereocenters. The van der Waals surface area contributed by atoms with E-state index in [9.17, 15) is 9.18 Å². The van der Waals surface area contributed by atoms with Crippen LogP contribution in [0.5, 0.6) is 5.75 Å². The van der Waals surface area contributed by atoms with Gasteiger partial charge in [0.1, 0.15) is 6.61 Å². The van der Waals surface area contributed by atoms with E-state index < -0.39 is 5.82 Å². The first-order valence-electron chi connectivity index (χ1n) is 5.45. The molecular formula is C13H12FNO2S. The summed E-state index contributed by atoms with van der Waals surface area (Å²) in [6.45, 7) is 0.569. The zero-order valence-corrected chi connectivity index (χ0v) is 10.4. The summed E-state index contributed by atoms with van der Waals surface area (Å²) in [5.41, 5.74) is 0.630. The van der Waals surface area contributed by atoms with E-state index in [1.54, 1.807) is 29.6 Å². The molecule has 0 saturated heterocycles. The van der Waals surface area contributed by atoms with Crippen molar-refractivity contribution in [2.45, 2.75) is 0 Å². The van der Waals surface area contributed by atoms with E-state index in [1.165, 1.54) is 17.4 Å². The van der Waals surface area contributed by atoms with Gasteiger partial charge in [0.2, 0.25) is 0 Å². The number of benzene rings is 1. The smallest absolute Gasteiger partial charge is 0.252 e. The fourth-order valence-electron chi connectivity index (χ4n) is 1.38. The van der Waals surface area contributed by atoms with E-state index in [-0.39, 0.29) is 18.3 Å². The third-order valence-electron chi connectivity index (χ3n) is 2.27. The van der Waals surface area contributed by atoms with E-state index in [0.717, 1.165) is 0 Å². The number of nitrogens with one attached hydrogen (secondary N) is 1. The van der Waals surface area contributed by atoms with Crippen LogP contribution >= 0.6 is 11.3 Å². The van der Waals surface area contributed by atoms with Crippen LogP contribution < -0.4 is 10.1 Å². The van der Waals surface area contributed by atoms with Crippen LogP contribution in [0.15, 0.2) is 41.1 Å². The summed E-state index contributed by atoms with van der Waals surface area (Å²) >= 11 is 1.46. The number of halogens is 1. The fraction of sp³-hybridized carbons (Fsp3) is 0.154. The summed E-state index contributed by atoms with van der Waals surface area (Å²) in [5, 5.41) is 6.30. The Morgan fingerprint density at radius 1 is 1.33 bits per heavy atom. The Bertz CT molecular complexity index is 513. The first-order chi connectivity index (χ1) is 8.77. The number of carbonyl (C=O) groups is 1. The molecule has 2 aromatic rings. The van der Waals surface area contributed by atoms with Crippen molar-refractivity contribution < 1.29 is 13.9 Å². The van der Waals surface area contributed by atoms with Crippen LogP contribution in [0.3, 0.4) is 0 Å². The third kappa shape index (κ3) is 3.30. The normalized spacial score (nSPS) is 10.1. The molecule has 0 fully saturated rings. The van der Waals surface area contributed by atoms with Crippen LogP contribution in [0.1, 0.15) is 10.4 Å². The van der Waals surface area contributed by atoms with Crippen molar-refractivity contribution in [3.8, 4) is 5.75 Å². The largest absolute Gasteiger partial charge is 0.489 e. The molecule has 94 valence electrons. The highest BCUT2D eigenvalue weighted by molar-refractivity contribution is 7.08. The minimum Gasteiger partial charge on any atom is -0.489 e. The average Bonchev–Trinajstić information content (AvgIpc) is 2.90. The standard InChI is InChI=1S/C13H12FNO2S/c14-11-3-1-2-4-12(11)17-7-6-15-13(16)10-5-8-18-9-10/h1-5,8-9H,6-7H2,(H,15,16). The molecule has 1 aromatic carbocycles. The molecule has 18 heavy (non-hydrogen) atoms. The van der Waals surface area contributed by atoms with Crippen LogP contribution in [0.2, 0.25) is 0 Å². The van der Waals surface area contributed by atoms with Gasteiger partial charge in [-0.25, -0.2) is 4.39 Å². The first-order valence-corrected chi connectivity index (χ1v) is 6.39. The Morgan fingerprint density at radius 2 is 2.17 bits per heavy atom. The van der Waals surface area contributed by atoms with Crippen LogP contribution in [0.4, 0.5) is 4.39 Å². The molecule has 1 N–H and O–H groups in total. The van der Waals surface area contributed by atoms with Gasteiger partial charge in [-0.15, -0.1) is 0 Å². The van der Waals surface area contributed by atoms with Crippen molar-refractivity contribution in [3.05, 3.63) is 52.5 Å². The van der Waals surface area contributed by atoms with Gasteiger partial charge in [-0.05, 0) is 23.6 Å². The highest BCUT2D eigenvalue weighted by Gasteiger charge is 2.05. The minimum absolute atomic E-state index is 0.145. The Morgan fingerprint density at radius 3 is 2.89 bits per heavy atom. The lowest BCUT2D eigenvalue weighted by Crippen LogP contribution is -2.27. The second-order valence-electron chi connectivity index (χ2n) is 3.55. The number of hydrogen-bond acceptors (Lipinski definition) is 3. The minimum atomic E-state index is -0.401. The van der Waals surface area contributed by atoms with Gasteiger partial charge in [0.05, 0.1) is 6.54 Å². The summed E-state index contributed by atoms with van der Waals surface area (Å²) in [5.74, 6) is -0.350. The van der Waals surface area contributed by atoms with E-state index in [2.05, 4.69) is 5.32 Å². The fourth-order valence-corrected chi connectivity index (χ4v) is 2.02. The quantitative estimate of drug-likeness (QED) is 0.844. The number of amides is 1. The van der Waals surface area contributed by atoms with Crippen molar-refractivity contribution in [3.63, 3.8) is 0 Å². The van der Waals surface area contributed by atoms with E-state index >= 15 is 0 Å². The number of ether oxygens (including phenoxy) is 1. The molecule has 0 aliphatic heterocycles. The zero-order valence-electron chi connectivity index (χ0n) is 9.56. The molecule has 1 heterocycles. The maximum atomic E-state index is 13.2. The monoisotopic (exact) mass is 265 g/mol. The van der Waals surface area contributed by atoms with Crippen molar-refractivity contribution >= 4 is 17.2 Å². The molecule has 2 rings (SSSR count). The van der Waals surface area contributed by atoms with Gasteiger partial charge in [-0.2, -0.15) is 11.3 Å². The molecule has 0 radical (unpaired) electrons. The molecule has 0 saturated carbocycles. The van der Waals surface area contributed by atoms with Gasteiger partial charge >= 0.3 is 0 Å². The second-order valence-corrected chi connectivity index (χ2v) is 4.33. The lowest BCUT2D eigenvalue weighted by Gasteiger charge is -2.07. The average molecular weight is 265 g/mol. The number of para-hydroxylation sites is 1. The van der Waals surface area contributed by atoms with E-state index in [4.69, 9.17) is 4.74 Å². The van der Waals surface area contributed by atoms with Crippen LogP contribution in [-0.4, -0.2) is 19.1 Å². The molecule has 1 aromatic heterocycles. The lowest BCUT2D eigenvalue weighted by molar-refractivity contribution is 0.0947. The topological polar surface area (TPSA) is 38.3 Å². The van der Waals surface area contributed by atoms with Crippen molar-refractivity contribution in [2.75, 3.05) is 13.2 Å². The Labute approximate surface area is 108 Å². The summed E-state index contributed by atoms with van der Waals surface area (Å²) < 4.78 is 18.4. The highest BCUT2D eigenvalue weighted by atomic mass is 32.1. The number of hydrogen-bond donors (Lipinski definition) is 1. The molecule has 5 heteroatoms. The Kier molecular flexibility index (Phi) is 4.30. The molecule has 1 amide bonds. The molecular weight excluding hydrogens is 253 g/mol. The molecule has 0 spiro atoms. The number of thiophene rings is 1. The van der Waals surface area contributed by atoms with Gasteiger partial charge in [-0.1, -0.05) is 12.1 Å². The molecule has 3 nitrogen and oxygen atoms in total. The maximum Gasteiger partial charge on any atom is 0.252 e. The van der Waals surface area contributed by atoms with E-state index in [1.807, 2.05) is 5.38 Å². The molecule has 0 aliphatic rings. The van der Waals surface area contributed by atoms with Crippen molar-refractivity contribution in [2.24, 2.45) is 0 Å². The van der Waals surface area contributed by atoms with Crippen molar-refractivity contribution in [1.82, 2.24) is 5.32 Å². The molecule has 0 aliphatic carbocycles. The van der Waals surface area contributed by atoms with Gasteiger partial charge in [-0.3, -0.25) is 4.79 Å². The van der Waals surface area contributed by atoms with Crippen LogP contribution in [0, 0.1) is 5.82 Å². The molecule has 0 atom stereocenters. The first kappa shape index (κ1) is 12.6. The molecule has 0 bridgehead atoms. The SMILES string of the molecule is O=C(NCCOc1ccccc1F)c1ccsc1. The zero-order chi connectivity index (χ0) is 12.8. The van der Waals surface area contributed by atoms with Gasteiger partial charge < -0.3 is 10.1 Å². The summed E-state index contributed by atoms with van der Waals surface area (Å²) in [4.78, 5) is 11.5. The lowest BCUT2D eigenvalue weighted by atomic mass is 10.3. The number of carbonyl (C=O) groups excluding carboxylic acids is 1. The number of rotatable bonds is 5. The van der Waals surface area contributed by atoms with E-state index in [0.29, 0.717) is 12.1 Å². The van der Waals surface area contributed by atoms with Gasteiger partial charge in [0.25, 0.3) is 5.91 Å². The summed E-state index contributed by atoms with van der Waals surface area (Å²) in [6.07, 6.45) is 0. The highest BCUT2D eigenvalue weighted by Crippen LogP contribution is 2.14. The van der Waals surface area contributed by atoms with Crippen LogP contribution in [0.25, 0.3) is 0 Å². The van der Waals surface area contributed by atoms with Gasteiger partial charge in [0.15, 0.2) is 11.6 Å². The Hall–Kier alpha value is -1.88. The van der Waals surface area contributed by atoms with Crippen molar-refractivity contribution in [1.29, 1.82) is 0 Å².